The van der Waals surface area contributed by atoms with Crippen LogP contribution in [0.1, 0.15) is 18.1 Å². The van der Waals surface area contributed by atoms with Crippen molar-refractivity contribution in [2.75, 3.05) is 27.7 Å². The molecule has 0 spiro atoms. The number of para-hydroxylation sites is 1. The van der Waals surface area contributed by atoms with Gasteiger partial charge in [0, 0.05) is 20.1 Å². The minimum atomic E-state index is -0.357. The molecule has 0 bridgehead atoms. The highest BCUT2D eigenvalue weighted by molar-refractivity contribution is 14.0. The van der Waals surface area contributed by atoms with Gasteiger partial charge >= 0.3 is 0 Å². The lowest BCUT2D eigenvalue weighted by molar-refractivity contribution is 0.214. The Morgan fingerprint density at radius 1 is 1.07 bits per heavy atom. The highest BCUT2D eigenvalue weighted by Crippen LogP contribution is 2.16. The predicted molar refractivity (Wildman–Crippen MR) is 124 cm³/mol. The van der Waals surface area contributed by atoms with Gasteiger partial charge in [0.25, 0.3) is 0 Å². The lowest BCUT2D eigenvalue weighted by Crippen LogP contribution is -2.41. The first-order valence-corrected chi connectivity index (χ1v) is 9.06. The summed E-state index contributed by atoms with van der Waals surface area (Å²) in [6, 6.07) is 14.8. The molecule has 0 aliphatic heterocycles. The summed E-state index contributed by atoms with van der Waals surface area (Å²) < 4.78 is 19.3. The summed E-state index contributed by atoms with van der Waals surface area (Å²) in [5.74, 6) is 0.579. The Kier molecular flexibility index (Phi) is 10.8. The van der Waals surface area contributed by atoms with Crippen molar-refractivity contribution >= 4 is 29.9 Å². The summed E-state index contributed by atoms with van der Waals surface area (Å²) in [6.45, 7) is 3.95. The van der Waals surface area contributed by atoms with E-state index in [4.69, 9.17) is 4.74 Å². The summed E-state index contributed by atoms with van der Waals surface area (Å²) in [7, 11) is 5.84. The number of hydrogen-bond donors (Lipinski definition) is 2. The minimum absolute atomic E-state index is 0. The molecule has 0 aromatic heterocycles. The van der Waals surface area contributed by atoms with E-state index in [-0.39, 0.29) is 41.6 Å². The summed E-state index contributed by atoms with van der Waals surface area (Å²) >= 11 is 0. The number of nitrogens with zero attached hydrogens (tertiary/aromatic N) is 2. The van der Waals surface area contributed by atoms with Crippen molar-refractivity contribution in [1.82, 2.24) is 15.5 Å². The van der Waals surface area contributed by atoms with Gasteiger partial charge in [0.1, 0.15) is 6.10 Å². The Labute approximate surface area is 184 Å². The normalized spacial score (nSPS) is 12.3. The molecule has 0 radical (unpaired) electrons. The molecular weight excluding hydrogens is 470 g/mol. The molecule has 0 amide bonds. The maximum atomic E-state index is 13.7. The Bertz CT molecular complexity index is 755. The van der Waals surface area contributed by atoms with Gasteiger partial charge in [-0.05, 0) is 44.3 Å². The third-order valence-corrected chi connectivity index (χ3v) is 4.00. The van der Waals surface area contributed by atoms with Gasteiger partial charge in [0.05, 0.1) is 6.54 Å². The first kappa shape index (κ1) is 24.2. The van der Waals surface area contributed by atoms with E-state index in [1.807, 2.05) is 13.0 Å². The fraction of sp³-hybridized carbons (Fsp3) is 0.381. The van der Waals surface area contributed by atoms with Gasteiger partial charge in [-0.25, -0.2) is 4.39 Å². The summed E-state index contributed by atoms with van der Waals surface area (Å²) in [4.78, 5) is 6.39. The van der Waals surface area contributed by atoms with Crippen molar-refractivity contribution in [1.29, 1.82) is 0 Å². The molecule has 2 aromatic rings. The third-order valence-electron chi connectivity index (χ3n) is 4.00. The van der Waals surface area contributed by atoms with E-state index >= 15 is 0 Å². The Hall–Kier alpha value is -1.87. The molecule has 0 fully saturated rings. The third kappa shape index (κ3) is 8.02. The number of benzene rings is 2. The first-order chi connectivity index (χ1) is 13.0. The number of ether oxygens (including phenoxy) is 1. The summed E-state index contributed by atoms with van der Waals surface area (Å²) in [6.07, 6.45) is -0.207. The van der Waals surface area contributed by atoms with Gasteiger partial charge in [-0.15, -0.1) is 24.0 Å². The molecule has 0 aliphatic rings. The second-order valence-corrected chi connectivity index (χ2v) is 6.67. The van der Waals surface area contributed by atoms with Gasteiger partial charge in [-0.2, -0.15) is 0 Å². The van der Waals surface area contributed by atoms with E-state index in [0.717, 1.165) is 6.54 Å². The van der Waals surface area contributed by atoms with Crippen molar-refractivity contribution in [3.05, 3.63) is 65.5 Å². The van der Waals surface area contributed by atoms with Crippen LogP contribution in [0.25, 0.3) is 0 Å². The second-order valence-electron chi connectivity index (χ2n) is 6.67. The zero-order valence-corrected chi connectivity index (χ0v) is 19.2. The average Bonchev–Trinajstić information content (AvgIpc) is 2.64. The number of aliphatic imine (C=N–C) groups is 1. The van der Waals surface area contributed by atoms with Crippen LogP contribution >= 0.6 is 24.0 Å². The van der Waals surface area contributed by atoms with Crippen molar-refractivity contribution in [3.63, 3.8) is 0 Å². The Morgan fingerprint density at radius 3 is 2.36 bits per heavy atom. The molecule has 2 N–H and O–H groups in total. The second kappa shape index (κ2) is 12.6. The predicted octanol–water partition coefficient (Wildman–Crippen LogP) is 3.64. The molecule has 2 rings (SSSR count). The van der Waals surface area contributed by atoms with Gasteiger partial charge < -0.3 is 20.3 Å². The zero-order chi connectivity index (χ0) is 19.6. The topological polar surface area (TPSA) is 48.9 Å². The van der Waals surface area contributed by atoms with Crippen molar-refractivity contribution < 1.29 is 9.13 Å². The molecule has 2 aromatic carbocycles. The molecule has 0 saturated carbocycles. The minimum Gasteiger partial charge on any atom is -0.486 e. The Morgan fingerprint density at radius 2 is 1.71 bits per heavy atom. The smallest absolute Gasteiger partial charge is 0.191 e. The molecular formula is C21H30FIN4O. The van der Waals surface area contributed by atoms with E-state index in [9.17, 15) is 4.39 Å². The monoisotopic (exact) mass is 500 g/mol. The van der Waals surface area contributed by atoms with Crippen LogP contribution in [0.3, 0.4) is 0 Å². The van der Waals surface area contributed by atoms with Gasteiger partial charge in [0.2, 0.25) is 0 Å². The number of guanidine groups is 1. The van der Waals surface area contributed by atoms with Crippen LogP contribution in [-0.4, -0.2) is 44.7 Å². The van der Waals surface area contributed by atoms with Crippen LogP contribution in [0, 0.1) is 5.82 Å². The Balaban J connectivity index is 0.00000392. The quantitative estimate of drug-likeness (QED) is 0.330. The number of nitrogens with one attached hydrogen (secondary N) is 2. The highest BCUT2D eigenvalue weighted by Gasteiger charge is 2.09. The summed E-state index contributed by atoms with van der Waals surface area (Å²) in [5.41, 5.74) is 2.51. The molecule has 7 heteroatoms. The van der Waals surface area contributed by atoms with Crippen LogP contribution in [0.2, 0.25) is 0 Å². The van der Waals surface area contributed by atoms with Gasteiger partial charge in [-0.1, -0.05) is 36.4 Å². The largest absolute Gasteiger partial charge is 0.486 e. The van der Waals surface area contributed by atoms with Crippen LogP contribution in [0.4, 0.5) is 4.39 Å². The molecule has 0 aliphatic carbocycles. The fourth-order valence-corrected chi connectivity index (χ4v) is 2.66. The molecule has 1 unspecified atom stereocenters. The van der Waals surface area contributed by atoms with E-state index in [1.54, 1.807) is 25.2 Å². The molecule has 5 nitrogen and oxygen atoms in total. The number of hydrogen-bond acceptors (Lipinski definition) is 3. The van der Waals surface area contributed by atoms with E-state index in [1.165, 1.54) is 17.2 Å². The van der Waals surface area contributed by atoms with Crippen LogP contribution in [0.15, 0.2) is 53.5 Å². The number of halogens is 2. The maximum absolute atomic E-state index is 13.7. The van der Waals surface area contributed by atoms with E-state index in [0.29, 0.717) is 19.0 Å². The average molecular weight is 500 g/mol. The van der Waals surface area contributed by atoms with Crippen molar-refractivity contribution in [2.45, 2.75) is 26.1 Å². The first-order valence-electron chi connectivity index (χ1n) is 9.06. The molecule has 1 atom stereocenters. The fourth-order valence-electron chi connectivity index (χ4n) is 2.66. The summed E-state index contributed by atoms with van der Waals surface area (Å²) in [5, 5.41) is 6.54. The molecule has 154 valence electrons. The van der Waals surface area contributed by atoms with Crippen LogP contribution < -0.4 is 15.4 Å². The van der Waals surface area contributed by atoms with E-state index in [2.05, 4.69) is 52.8 Å². The lowest BCUT2D eigenvalue weighted by Gasteiger charge is -2.19. The lowest BCUT2D eigenvalue weighted by atomic mass is 10.1. The SMILES string of the molecule is CN=C(NCc1ccccc1CN(C)C)NCC(C)Oc1ccccc1F.I. The van der Waals surface area contributed by atoms with Crippen molar-refractivity contribution in [3.8, 4) is 5.75 Å². The zero-order valence-electron chi connectivity index (χ0n) is 16.9. The molecule has 28 heavy (non-hydrogen) atoms. The van der Waals surface area contributed by atoms with Gasteiger partial charge in [0.15, 0.2) is 17.5 Å². The maximum Gasteiger partial charge on any atom is 0.191 e. The molecule has 0 saturated heterocycles. The molecule has 0 heterocycles. The number of rotatable bonds is 8. The van der Waals surface area contributed by atoms with Crippen molar-refractivity contribution in [2.24, 2.45) is 4.99 Å². The standard InChI is InChI=1S/C21H29FN4O.HI/c1-16(27-20-12-8-7-11-19(20)22)13-24-21(23-2)25-14-17-9-5-6-10-18(17)15-26(3)4;/h5-12,16H,13-15H2,1-4H3,(H2,23,24,25);1H. The van der Waals surface area contributed by atoms with E-state index < -0.39 is 0 Å². The van der Waals surface area contributed by atoms with Crippen LogP contribution in [0.5, 0.6) is 5.75 Å². The van der Waals surface area contributed by atoms with Gasteiger partial charge in [-0.3, -0.25) is 4.99 Å². The highest BCUT2D eigenvalue weighted by atomic mass is 127. The van der Waals surface area contributed by atoms with Crippen LogP contribution in [-0.2, 0) is 13.1 Å².